The Morgan fingerprint density at radius 2 is 2.09 bits per heavy atom. The number of ether oxygens (including phenoxy) is 1. The molecule has 1 aliphatic carbocycles. The van der Waals surface area contributed by atoms with Crippen LogP contribution in [0.1, 0.15) is 49.2 Å². The predicted molar refractivity (Wildman–Crippen MR) is 85.4 cm³/mol. The van der Waals surface area contributed by atoms with Crippen molar-refractivity contribution in [2.24, 2.45) is 5.92 Å². The van der Waals surface area contributed by atoms with E-state index in [1.807, 2.05) is 0 Å². The summed E-state index contributed by atoms with van der Waals surface area (Å²) in [6, 6.07) is 2.69. The van der Waals surface area contributed by atoms with E-state index in [0.717, 1.165) is 30.6 Å². The summed E-state index contributed by atoms with van der Waals surface area (Å²) in [6.45, 7) is 3.61. The average molecular weight is 340 g/mol. The van der Waals surface area contributed by atoms with E-state index in [1.54, 1.807) is 0 Å². The lowest BCUT2D eigenvalue weighted by Gasteiger charge is -2.30. The summed E-state index contributed by atoms with van der Waals surface area (Å²) in [6.07, 6.45) is 3.35. The Labute approximate surface area is 138 Å². The molecule has 0 unspecified atom stereocenters. The lowest BCUT2D eigenvalue weighted by Crippen LogP contribution is -2.45. The third-order valence-corrected chi connectivity index (χ3v) is 5.08. The molecule has 0 saturated heterocycles. The minimum absolute atomic E-state index is 0.111. The lowest BCUT2D eigenvalue weighted by molar-refractivity contribution is -0.380. The average Bonchev–Trinajstić information content (AvgIpc) is 2.99. The molecule has 3 atom stereocenters. The van der Waals surface area contributed by atoms with Gasteiger partial charge in [-0.2, -0.15) is 0 Å². The number of nitrogens with one attached hydrogen (secondary N) is 1. The van der Waals surface area contributed by atoms with Crippen LogP contribution in [0.3, 0.4) is 0 Å². The number of carbonyl (C=O) groups excluding carboxylic acids is 2. The summed E-state index contributed by atoms with van der Waals surface area (Å²) in [5, 5.41) is 13.4. The number of carbonyl (C=O) groups is 2. The van der Waals surface area contributed by atoms with Gasteiger partial charge in [-0.15, -0.1) is 0 Å². The van der Waals surface area contributed by atoms with Crippen LogP contribution in [0, 0.1) is 16.0 Å². The molecule has 23 heavy (non-hydrogen) atoms. The van der Waals surface area contributed by atoms with Crippen molar-refractivity contribution >= 4 is 28.2 Å². The van der Waals surface area contributed by atoms with Gasteiger partial charge < -0.3 is 10.1 Å². The summed E-state index contributed by atoms with van der Waals surface area (Å²) in [5.74, 6) is -0.638. The minimum atomic E-state index is -0.933. The van der Waals surface area contributed by atoms with Gasteiger partial charge in [0.15, 0.2) is 6.10 Å². The maximum atomic E-state index is 12.1. The van der Waals surface area contributed by atoms with Gasteiger partial charge in [0.2, 0.25) is 0 Å². The van der Waals surface area contributed by atoms with Gasteiger partial charge in [0.05, 0.1) is 4.92 Å². The second-order valence-electron chi connectivity index (χ2n) is 5.82. The first-order valence-corrected chi connectivity index (χ1v) is 8.45. The fourth-order valence-corrected chi connectivity index (χ4v) is 3.34. The first kappa shape index (κ1) is 17.4. The zero-order valence-corrected chi connectivity index (χ0v) is 13.9. The number of amides is 1. The molecule has 0 aromatic carbocycles. The van der Waals surface area contributed by atoms with E-state index in [2.05, 4.69) is 12.2 Å². The zero-order chi connectivity index (χ0) is 17.0. The van der Waals surface area contributed by atoms with Gasteiger partial charge >= 0.3 is 11.0 Å². The fraction of sp³-hybridized carbons (Fsp3) is 0.600. The van der Waals surface area contributed by atoms with Crippen LogP contribution in [0.2, 0.25) is 0 Å². The molecular weight excluding hydrogens is 320 g/mol. The van der Waals surface area contributed by atoms with Gasteiger partial charge in [0.25, 0.3) is 5.91 Å². The molecule has 0 aliphatic heterocycles. The lowest BCUT2D eigenvalue weighted by atomic mass is 9.86. The Bertz CT molecular complexity index is 600. The normalized spacial score (nSPS) is 22.2. The van der Waals surface area contributed by atoms with Gasteiger partial charge in [0.1, 0.15) is 4.88 Å². The molecule has 0 spiro atoms. The highest BCUT2D eigenvalue weighted by Gasteiger charge is 2.27. The van der Waals surface area contributed by atoms with Crippen LogP contribution in [0.15, 0.2) is 12.1 Å². The van der Waals surface area contributed by atoms with Gasteiger partial charge in [-0.25, -0.2) is 4.79 Å². The van der Waals surface area contributed by atoms with Gasteiger partial charge in [-0.3, -0.25) is 14.9 Å². The molecule has 0 bridgehead atoms. The molecule has 1 saturated carbocycles. The molecule has 1 aliphatic rings. The maximum absolute atomic E-state index is 12.1. The van der Waals surface area contributed by atoms with E-state index in [0.29, 0.717) is 5.92 Å². The molecule has 1 heterocycles. The largest absolute Gasteiger partial charge is 0.448 e. The number of hydrogen-bond donors (Lipinski definition) is 1. The fourth-order valence-electron chi connectivity index (χ4n) is 2.64. The van der Waals surface area contributed by atoms with Crippen LogP contribution in [-0.2, 0) is 9.53 Å². The second kappa shape index (κ2) is 7.54. The Morgan fingerprint density at radius 3 is 2.70 bits per heavy atom. The summed E-state index contributed by atoms with van der Waals surface area (Å²) in [4.78, 5) is 34.2. The first-order valence-electron chi connectivity index (χ1n) is 7.64. The first-order chi connectivity index (χ1) is 10.9. The Kier molecular flexibility index (Phi) is 5.70. The standard InChI is InChI=1S/C15H20N2O5S/c1-9-5-3-4-6-11(9)16-14(18)10(2)22-15(19)12-7-8-13(23-12)17(20)21/h7-11H,3-6H2,1-2H3,(H,16,18)/t9-,10+,11+/m0/s1. The second-order valence-corrected chi connectivity index (χ2v) is 6.88. The summed E-state index contributed by atoms with van der Waals surface area (Å²) in [7, 11) is 0. The number of esters is 1. The Balaban J connectivity index is 1.89. The molecule has 8 heteroatoms. The molecule has 1 N–H and O–H groups in total. The highest BCUT2D eigenvalue weighted by Crippen LogP contribution is 2.25. The Morgan fingerprint density at radius 1 is 1.39 bits per heavy atom. The number of nitrogens with zero attached hydrogens (tertiary/aromatic N) is 1. The van der Waals surface area contributed by atoms with E-state index in [4.69, 9.17) is 4.74 Å². The summed E-state index contributed by atoms with van der Waals surface area (Å²) >= 11 is 0.734. The number of thiophene rings is 1. The van der Waals surface area contributed by atoms with Crippen molar-refractivity contribution in [2.45, 2.75) is 51.7 Å². The number of rotatable bonds is 5. The highest BCUT2D eigenvalue weighted by molar-refractivity contribution is 7.17. The van der Waals surface area contributed by atoms with Crippen molar-refractivity contribution < 1.29 is 19.2 Å². The third kappa shape index (κ3) is 4.51. The van der Waals surface area contributed by atoms with Crippen LogP contribution in [0.5, 0.6) is 0 Å². The van der Waals surface area contributed by atoms with E-state index in [9.17, 15) is 19.7 Å². The molecule has 2 rings (SSSR count). The van der Waals surface area contributed by atoms with Crippen molar-refractivity contribution in [1.29, 1.82) is 0 Å². The molecular formula is C15H20N2O5S. The van der Waals surface area contributed by atoms with E-state index in [1.165, 1.54) is 25.5 Å². The molecule has 1 aromatic rings. The van der Waals surface area contributed by atoms with Crippen molar-refractivity contribution in [3.05, 3.63) is 27.1 Å². The van der Waals surface area contributed by atoms with Crippen molar-refractivity contribution in [1.82, 2.24) is 5.32 Å². The monoisotopic (exact) mass is 340 g/mol. The van der Waals surface area contributed by atoms with E-state index >= 15 is 0 Å². The number of nitro groups is 1. The molecule has 0 radical (unpaired) electrons. The summed E-state index contributed by atoms with van der Waals surface area (Å²) < 4.78 is 5.10. The van der Waals surface area contributed by atoms with E-state index < -0.39 is 17.0 Å². The minimum Gasteiger partial charge on any atom is -0.448 e. The topological polar surface area (TPSA) is 98.5 Å². The van der Waals surface area contributed by atoms with Crippen LogP contribution >= 0.6 is 11.3 Å². The van der Waals surface area contributed by atoms with Crippen molar-refractivity contribution in [3.8, 4) is 0 Å². The van der Waals surface area contributed by atoms with Gasteiger partial charge in [-0.05, 0) is 31.7 Å². The van der Waals surface area contributed by atoms with E-state index in [-0.39, 0.29) is 21.8 Å². The molecule has 7 nitrogen and oxygen atoms in total. The molecule has 1 amide bonds. The van der Waals surface area contributed by atoms with Crippen molar-refractivity contribution in [2.75, 3.05) is 0 Å². The zero-order valence-electron chi connectivity index (χ0n) is 13.1. The smallest absolute Gasteiger partial charge is 0.349 e. The molecule has 1 fully saturated rings. The maximum Gasteiger partial charge on any atom is 0.349 e. The highest BCUT2D eigenvalue weighted by atomic mass is 32.1. The van der Waals surface area contributed by atoms with Crippen molar-refractivity contribution in [3.63, 3.8) is 0 Å². The van der Waals surface area contributed by atoms with Crippen LogP contribution < -0.4 is 5.32 Å². The summed E-state index contributed by atoms with van der Waals surface area (Å²) in [5.41, 5.74) is 0. The predicted octanol–water partition coefficient (Wildman–Crippen LogP) is 2.90. The molecule has 126 valence electrons. The quantitative estimate of drug-likeness (QED) is 0.505. The molecule has 1 aromatic heterocycles. The van der Waals surface area contributed by atoms with Crippen LogP contribution in [0.25, 0.3) is 0 Å². The van der Waals surface area contributed by atoms with Crippen LogP contribution in [-0.4, -0.2) is 28.9 Å². The number of hydrogen-bond acceptors (Lipinski definition) is 6. The van der Waals surface area contributed by atoms with Gasteiger partial charge in [0, 0.05) is 12.1 Å². The Hall–Kier alpha value is -1.96. The SMILES string of the molecule is C[C@@H](OC(=O)c1ccc([N+](=O)[O-])s1)C(=O)N[C@@H]1CCCC[C@@H]1C. The van der Waals surface area contributed by atoms with Gasteiger partial charge in [-0.1, -0.05) is 31.1 Å². The third-order valence-electron chi connectivity index (χ3n) is 4.07. The van der Waals surface area contributed by atoms with Crippen LogP contribution in [0.4, 0.5) is 5.00 Å².